The Bertz CT molecular complexity index is 158. The monoisotopic (exact) mass is 125 g/mol. The summed E-state index contributed by atoms with van der Waals surface area (Å²) in [5.74, 6) is 2.45. The smallest absolute Gasteiger partial charge is 0.125 e. The third kappa shape index (κ3) is 2.52. The minimum atomic E-state index is -0.470. The highest BCUT2D eigenvalue weighted by molar-refractivity contribution is 7.78. The van der Waals surface area contributed by atoms with Gasteiger partial charge in [0.2, 0.25) is 0 Å². The molecular weight excluding hydrogens is 118 g/mol. The minimum Gasteiger partial charge on any atom is -0.213 e. The third-order valence-electron chi connectivity index (χ3n) is 0.678. The van der Waals surface area contributed by atoms with Gasteiger partial charge in [0.15, 0.2) is 0 Å². The van der Waals surface area contributed by atoms with E-state index in [1.165, 1.54) is 0 Å². The molecule has 0 saturated carbocycles. The molecule has 0 atom stereocenters. The topological polar surface area (TPSA) is 12.4 Å². The molecule has 1 nitrogen and oxygen atoms in total. The summed E-state index contributed by atoms with van der Waals surface area (Å²) in [6.07, 6.45) is 5.06. The van der Waals surface area contributed by atoms with Gasteiger partial charge in [-0.3, -0.25) is 0 Å². The van der Waals surface area contributed by atoms with Crippen molar-refractivity contribution in [1.29, 1.82) is 0 Å². The Morgan fingerprint density at radius 2 is 2.12 bits per heavy atom. The molecule has 0 unspecified atom stereocenters. The average Bonchev–Trinajstić information content (AvgIpc) is 1.67. The van der Waals surface area contributed by atoms with Crippen LogP contribution in [0.1, 0.15) is 13.8 Å². The molecular formula is C6H7NS. The normalized spacial score (nSPS) is 9.12. The molecule has 8 heavy (non-hydrogen) atoms. The van der Waals surface area contributed by atoms with Gasteiger partial charge in [0.1, 0.15) is 5.54 Å². The zero-order valence-electron chi connectivity index (χ0n) is 4.93. The Hall–Kier alpha value is -0.640. The molecule has 0 aromatic carbocycles. The van der Waals surface area contributed by atoms with Crippen LogP contribution in [0.15, 0.2) is 4.99 Å². The number of hydrogen-bond acceptors (Lipinski definition) is 2. The number of hydrogen-bond donors (Lipinski definition) is 0. The lowest BCUT2D eigenvalue weighted by Gasteiger charge is -2.05. The van der Waals surface area contributed by atoms with Crippen LogP contribution in [0.3, 0.4) is 0 Å². The summed E-state index contributed by atoms with van der Waals surface area (Å²) in [5.41, 5.74) is -0.470. The Morgan fingerprint density at radius 3 is 2.25 bits per heavy atom. The van der Waals surface area contributed by atoms with Crippen LogP contribution in [-0.4, -0.2) is 10.7 Å². The molecule has 0 aliphatic heterocycles. The highest BCUT2D eigenvalue weighted by Crippen LogP contribution is 2.03. The SMILES string of the molecule is C#CC(C)(C)N=C=S. The molecule has 0 bridgehead atoms. The number of nitrogens with zero attached hydrogens (tertiary/aromatic N) is 1. The van der Waals surface area contributed by atoms with Crippen molar-refractivity contribution in [2.24, 2.45) is 4.99 Å². The van der Waals surface area contributed by atoms with Crippen molar-refractivity contribution in [1.82, 2.24) is 0 Å². The summed E-state index contributed by atoms with van der Waals surface area (Å²) in [7, 11) is 0. The number of rotatable bonds is 1. The van der Waals surface area contributed by atoms with Gasteiger partial charge >= 0.3 is 0 Å². The van der Waals surface area contributed by atoms with Crippen LogP contribution in [0.4, 0.5) is 0 Å². The zero-order valence-corrected chi connectivity index (χ0v) is 5.75. The molecule has 0 radical (unpaired) electrons. The molecule has 0 rings (SSSR count). The van der Waals surface area contributed by atoms with Crippen molar-refractivity contribution >= 4 is 17.4 Å². The van der Waals surface area contributed by atoms with Crippen LogP contribution in [0.5, 0.6) is 0 Å². The maximum absolute atomic E-state index is 5.06. The molecule has 0 saturated heterocycles. The van der Waals surface area contributed by atoms with Crippen molar-refractivity contribution < 1.29 is 0 Å². The molecule has 42 valence electrons. The van der Waals surface area contributed by atoms with Crippen molar-refractivity contribution in [3.05, 3.63) is 0 Å². The van der Waals surface area contributed by atoms with Gasteiger partial charge in [-0.2, -0.15) is 0 Å². The van der Waals surface area contributed by atoms with Crippen LogP contribution in [0.25, 0.3) is 0 Å². The summed E-state index contributed by atoms with van der Waals surface area (Å²) in [4.78, 5) is 3.70. The Labute approximate surface area is 54.8 Å². The van der Waals surface area contributed by atoms with E-state index in [0.717, 1.165) is 0 Å². The van der Waals surface area contributed by atoms with Gasteiger partial charge in [0.25, 0.3) is 0 Å². The summed E-state index contributed by atoms with van der Waals surface area (Å²) in [6.45, 7) is 3.60. The van der Waals surface area contributed by atoms with Gasteiger partial charge < -0.3 is 0 Å². The van der Waals surface area contributed by atoms with Gasteiger partial charge in [-0.25, -0.2) is 4.99 Å². The number of thiocarbonyl (C=S) groups is 1. The largest absolute Gasteiger partial charge is 0.213 e. The highest BCUT2D eigenvalue weighted by Gasteiger charge is 2.08. The predicted octanol–water partition coefficient (Wildman–Crippen LogP) is 1.50. The van der Waals surface area contributed by atoms with E-state index in [1.54, 1.807) is 13.8 Å². The first-order chi connectivity index (χ1) is 3.62. The van der Waals surface area contributed by atoms with E-state index in [2.05, 4.69) is 28.3 Å². The molecule has 0 amide bonds. The summed E-state index contributed by atoms with van der Waals surface area (Å²) < 4.78 is 0. The maximum atomic E-state index is 5.06. The molecule has 0 spiro atoms. The lowest BCUT2D eigenvalue weighted by Crippen LogP contribution is -2.11. The van der Waals surface area contributed by atoms with Gasteiger partial charge in [-0.05, 0) is 26.1 Å². The lowest BCUT2D eigenvalue weighted by atomic mass is 10.1. The van der Waals surface area contributed by atoms with Crippen molar-refractivity contribution in [2.45, 2.75) is 19.4 Å². The number of isothiocyanates is 1. The van der Waals surface area contributed by atoms with Crippen LogP contribution >= 0.6 is 12.2 Å². The number of terminal acetylenes is 1. The first kappa shape index (κ1) is 7.36. The zero-order chi connectivity index (χ0) is 6.62. The molecule has 0 fully saturated rings. The van der Waals surface area contributed by atoms with Gasteiger partial charge in [0.05, 0.1) is 5.16 Å². The van der Waals surface area contributed by atoms with E-state index in [1.807, 2.05) is 0 Å². The molecule has 0 aromatic rings. The first-order valence-corrected chi connectivity index (χ1v) is 2.60. The molecule has 0 aliphatic carbocycles. The first-order valence-electron chi connectivity index (χ1n) is 2.19. The summed E-state index contributed by atoms with van der Waals surface area (Å²) >= 11 is 4.35. The van der Waals surface area contributed by atoms with E-state index in [4.69, 9.17) is 6.42 Å². The van der Waals surface area contributed by atoms with Crippen molar-refractivity contribution in [3.63, 3.8) is 0 Å². The molecule has 0 aliphatic rings. The van der Waals surface area contributed by atoms with Crippen LogP contribution < -0.4 is 0 Å². The standard InChI is InChI=1S/C6H7NS/c1-4-6(2,3)7-5-8/h1H,2-3H3. The average molecular weight is 125 g/mol. The van der Waals surface area contributed by atoms with Gasteiger partial charge in [-0.1, -0.05) is 5.92 Å². The Morgan fingerprint density at radius 1 is 1.62 bits per heavy atom. The van der Waals surface area contributed by atoms with Crippen LogP contribution in [0.2, 0.25) is 0 Å². The maximum Gasteiger partial charge on any atom is 0.125 e. The minimum absolute atomic E-state index is 0.470. The fourth-order valence-electron chi connectivity index (χ4n) is 0.146. The van der Waals surface area contributed by atoms with E-state index < -0.39 is 5.54 Å². The summed E-state index contributed by atoms with van der Waals surface area (Å²) in [6, 6.07) is 0. The fraction of sp³-hybridized carbons (Fsp3) is 0.500. The van der Waals surface area contributed by atoms with Crippen molar-refractivity contribution in [2.75, 3.05) is 0 Å². The predicted molar refractivity (Wildman–Crippen MR) is 37.9 cm³/mol. The van der Waals surface area contributed by atoms with E-state index >= 15 is 0 Å². The highest BCUT2D eigenvalue weighted by atomic mass is 32.1. The Balaban J connectivity index is 4.19. The Kier molecular flexibility index (Phi) is 2.41. The lowest BCUT2D eigenvalue weighted by molar-refractivity contribution is 0.690. The second-order valence-corrected chi connectivity index (χ2v) is 2.09. The third-order valence-corrected chi connectivity index (χ3v) is 0.770. The quantitative estimate of drug-likeness (QED) is 0.294. The summed E-state index contributed by atoms with van der Waals surface area (Å²) in [5, 5.41) is 2.22. The molecule has 0 aromatic heterocycles. The van der Waals surface area contributed by atoms with Gasteiger partial charge in [0, 0.05) is 0 Å². The molecule has 2 heteroatoms. The van der Waals surface area contributed by atoms with E-state index in [-0.39, 0.29) is 0 Å². The second kappa shape index (κ2) is 2.61. The van der Waals surface area contributed by atoms with Crippen LogP contribution in [0, 0.1) is 12.3 Å². The van der Waals surface area contributed by atoms with E-state index in [0.29, 0.717) is 0 Å². The fourth-order valence-corrected chi connectivity index (χ4v) is 0.375. The second-order valence-electron chi connectivity index (χ2n) is 1.91. The van der Waals surface area contributed by atoms with E-state index in [9.17, 15) is 0 Å². The van der Waals surface area contributed by atoms with Crippen LogP contribution in [-0.2, 0) is 0 Å². The van der Waals surface area contributed by atoms with Crippen molar-refractivity contribution in [3.8, 4) is 12.3 Å². The number of aliphatic imine (C=N–C) groups is 1. The molecule has 0 N–H and O–H groups in total. The molecule has 0 heterocycles. The van der Waals surface area contributed by atoms with Gasteiger partial charge in [-0.15, -0.1) is 6.42 Å².